The van der Waals surface area contributed by atoms with Crippen LogP contribution in [0.3, 0.4) is 0 Å². The number of carboxylic acid groups (broad SMARTS) is 1. The molecule has 30 heavy (non-hydrogen) atoms. The molecule has 0 bridgehead atoms. The Labute approximate surface area is 171 Å². The Bertz CT molecular complexity index is 1200. The molecule has 3 heterocycles. The molecule has 3 aromatic heterocycles. The molecule has 0 saturated heterocycles. The molecule has 0 unspecified atom stereocenters. The highest BCUT2D eigenvalue weighted by Crippen LogP contribution is 2.24. The molecule has 0 fully saturated rings. The lowest BCUT2D eigenvalue weighted by molar-refractivity contribution is -0.148. The highest BCUT2D eigenvalue weighted by molar-refractivity contribution is 5.79. The van der Waals surface area contributed by atoms with Crippen molar-refractivity contribution in [2.24, 2.45) is 5.41 Å². The minimum atomic E-state index is -1.000. The van der Waals surface area contributed by atoms with Gasteiger partial charge in [-0.3, -0.25) is 9.78 Å². The summed E-state index contributed by atoms with van der Waals surface area (Å²) < 4.78 is 18.8. The number of pyridine rings is 2. The second kappa shape index (κ2) is 7.55. The summed E-state index contributed by atoms with van der Waals surface area (Å²) in [6.45, 7) is 3.20. The molecule has 0 saturated carbocycles. The minimum Gasteiger partial charge on any atom is -0.481 e. The van der Waals surface area contributed by atoms with E-state index in [1.165, 1.54) is 12.1 Å². The summed E-state index contributed by atoms with van der Waals surface area (Å²) in [4.78, 5) is 27.4. The number of imidazole rings is 1. The van der Waals surface area contributed by atoms with Crippen molar-refractivity contribution in [3.63, 3.8) is 0 Å². The molecule has 0 radical (unpaired) electrons. The molecule has 4 rings (SSSR count). The van der Waals surface area contributed by atoms with E-state index < -0.39 is 11.4 Å². The van der Waals surface area contributed by atoms with Crippen LogP contribution in [0.15, 0.2) is 54.9 Å². The summed E-state index contributed by atoms with van der Waals surface area (Å²) in [5.74, 6) is -0.299. The van der Waals surface area contributed by atoms with Gasteiger partial charge in [-0.05, 0) is 50.2 Å². The van der Waals surface area contributed by atoms with Crippen molar-refractivity contribution in [3.05, 3.63) is 60.7 Å². The van der Waals surface area contributed by atoms with E-state index in [9.17, 15) is 9.18 Å². The maximum Gasteiger partial charge on any atom is 0.312 e. The fourth-order valence-corrected chi connectivity index (χ4v) is 2.76. The number of aromatic amines is 1. The SMILES string of the molecule is CC(C)(COc1ccc(-c2ccc(-c3nc4ccc(F)cc4[nH]3)cn2)cn1)C(=O)O. The van der Waals surface area contributed by atoms with Crippen LogP contribution >= 0.6 is 0 Å². The lowest BCUT2D eigenvalue weighted by atomic mass is 9.95. The number of hydrogen-bond donors (Lipinski definition) is 2. The first-order valence-corrected chi connectivity index (χ1v) is 9.26. The summed E-state index contributed by atoms with van der Waals surface area (Å²) >= 11 is 0. The molecule has 0 amide bonds. The van der Waals surface area contributed by atoms with Gasteiger partial charge in [0.25, 0.3) is 0 Å². The van der Waals surface area contributed by atoms with Crippen LogP contribution in [0.2, 0.25) is 0 Å². The van der Waals surface area contributed by atoms with E-state index in [2.05, 4.69) is 19.9 Å². The molecule has 7 nitrogen and oxygen atoms in total. The Morgan fingerprint density at radius 1 is 1.10 bits per heavy atom. The quantitative estimate of drug-likeness (QED) is 0.495. The van der Waals surface area contributed by atoms with Gasteiger partial charge in [-0.25, -0.2) is 14.4 Å². The van der Waals surface area contributed by atoms with Crippen LogP contribution in [0.4, 0.5) is 4.39 Å². The van der Waals surface area contributed by atoms with Crippen LogP contribution in [0.25, 0.3) is 33.7 Å². The summed E-state index contributed by atoms with van der Waals surface area (Å²) in [5, 5.41) is 9.14. The van der Waals surface area contributed by atoms with Crippen molar-refractivity contribution in [2.75, 3.05) is 6.61 Å². The van der Waals surface area contributed by atoms with Crippen molar-refractivity contribution in [1.82, 2.24) is 19.9 Å². The lowest BCUT2D eigenvalue weighted by Crippen LogP contribution is -2.30. The average Bonchev–Trinajstić information content (AvgIpc) is 3.16. The van der Waals surface area contributed by atoms with E-state index in [-0.39, 0.29) is 12.4 Å². The Hall–Kier alpha value is -3.81. The summed E-state index contributed by atoms with van der Waals surface area (Å²) in [6.07, 6.45) is 3.30. The minimum absolute atomic E-state index is 0.0169. The van der Waals surface area contributed by atoms with E-state index in [0.717, 1.165) is 11.1 Å². The largest absolute Gasteiger partial charge is 0.481 e. The monoisotopic (exact) mass is 406 g/mol. The normalized spacial score (nSPS) is 11.6. The number of nitrogens with zero attached hydrogens (tertiary/aromatic N) is 3. The molecule has 0 aliphatic carbocycles. The molecule has 4 aromatic rings. The van der Waals surface area contributed by atoms with E-state index in [0.29, 0.717) is 28.4 Å². The van der Waals surface area contributed by atoms with Gasteiger partial charge in [-0.2, -0.15) is 0 Å². The van der Waals surface area contributed by atoms with Gasteiger partial charge in [-0.1, -0.05) is 0 Å². The fraction of sp³-hybridized carbons (Fsp3) is 0.182. The molecule has 2 N–H and O–H groups in total. The molecule has 0 atom stereocenters. The number of carboxylic acids is 1. The molecule has 152 valence electrons. The summed E-state index contributed by atoms with van der Waals surface area (Å²) in [7, 11) is 0. The van der Waals surface area contributed by atoms with Gasteiger partial charge in [0, 0.05) is 29.6 Å². The maximum atomic E-state index is 13.4. The van der Waals surface area contributed by atoms with Crippen LogP contribution in [-0.2, 0) is 4.79 Å². The first-order valence-electron chi connectivity index (χ1n) is 9.26. The number of nitrogens with one attached hydrogen (secondary N) is 1. The predicted octanol–water partition coefficient (Wildman–Crippen LogP) is 4.32. The Balaban J connectivity index is 1.49. The van der Waals surface area contributed by atoms with Crippen LogP contribution in [-0.4, -0.2) is 37.6 Å². The van der Waals surface area contributed by atoms with Crippen LogP contribution in [0, 0.1) is 11.2 Å². The molecular weight excluding hydrogens is 387 g/mol. The highest BCUT2D eigenvalue weighted by atomic mass is 19.1. The Morgan fingerprint density at radius 2 is 1.87 bits per heavy atom. The first kappa shape index (κ1) is 19.5. The summed E-state index contributed by atoms with van der Waals surface area (Å²) in [5.41, 5.74) is 2.59. The number of halogens is 1. The predicted molar refractivity (Wildman–Crippen MR) is 109 cm³/mol. The molecule has 0 spiro atoms. The van der Waals surface area contributed by atoms with Crippen LogP contribution in [0.1, 0.15) is 13.8 Å². The number of rotatable bonds is 6. The van der Waals surface area contributed by atoms with Gasteiger partial charge in [0.15, 0.2) is 0 Å². The lowest BCUT2D eigenvalue weighted by Gasteiger charge is -2.18. The van der Waals surface area contributed by atoms with Crippen LogP contribution < -0.4 is 4.74 Å². The zero-order valence-corrected chi connectivity index (χ0v) is 16.4. The Morgan fingerprint density at radius 3 is 2.53 bits per heavy atom. The smallest absolute Gasteiger partial charge is 0.312 e. The third-order valence-corrected chi connectivity index (χ3v) is 4.67. The van der Waals surface area contributed by atoms with Crippen molar-refractivity contribution in [1.29, 1.82) is 0 Å². The van der Waals surface area contributed by atoms with E-state index in [1.807, 2.05) is 18.2 Å². The number of aromatic nitrogens is 4. The Kier molecular flexibility index (Phi) is 4.91. The molecule has 1 aromatic carbocycles. The molecule has 8 heteroatoms. The van der Waals surface area contributed by atoms with Crippen molar-refractivity contribution < 1.29 is 19.0 Å². The first-order chi connectivity index (χ1) is 14.3. The van der Waals surface area contributed by atoms with Crippen molar-refractivity contribution in [2.45, 2.75) is 13.8 Å². The van der Waals surface area contributed by atoms with E-state index >= 15 is 0 Å². The average molecular weight is 406 g/mol. The van der Waals surface area contributed by atoms with Gasteiger partial charge in [0.2, 0.25) is 5.88 Å². The zero-order valence-electron chi connectivity index (χ0n) is 16.4. The van der Waals surface area contributed by atoms with E-state index in [4.69, 9.17) is 9.84 Å². The standard InChI is InChI=1S/C22H19FN4O3/c1-22(2,21(28)29)12-30-19-8-4-13(10-25-19)16-6-3-14(11-24-16)20-26-17-7-5-15(23)9-18(17)27-20/h3-11H,12H2,1-2H3,(H,26,27)(H,28,29). The van der Waals surface area contributed by atoms with E-state index in [1.54, 1.807) is 38.4 Å². The van der Waals surface area contributed by atoms with Gasteiger partial charge in [0.1, 0.15) is 18.2 Å². The zero-order chi connectivity index (χ0) is 21.3. The third kappa shape index (κ3) is 3.98. The number of H-pyrrole nitrogens is 1. The number of carbonyl (C=O) groups is 1. The maximum absolute atomic E-state index is 13.4. The number of benzene rings is 1. The van der Waals surface area contributed by atoms with Gasteiger partial charge >= 0.3 is 5.97 Å². The summed E-state index contributed by atoms with van der Waals surface area (Å²) in [6, 6.07) is 11.6. The van der Waals surface area contributed by atoms with Crippen LogP contribution in [0.5, 0.6) is 5.88 Å². The van der Waals surface area contributed by atoms with Gasteiger partial charge in [-0.15, -0.1) is 0 Å². The number of hydrogen-bond acceptors (Lipinski definition) is 5. The van der Waals surface area contributed by atoms with Crippen molar-refractivity contribution in [3.8, 4) is 28.5 Å². The third-order valence-electron chi connectivity index (χ3n) is 4.67. The van der Waals surface area contributed by atoms with Gasteiger partial charge < -0.3 is 14.8 Å². The second-order valence-corrected chi connectivity index (χ2v) is 7.54. The fourth-order valence-electron chi connectivity index (χ4n) is 2.76. The number of fused-ring (bicyclic) bond motifs is 1. The topological polar surface area (TPSA) is 101 Å². The second-order valence-electron chi connectivity index (χ2n) is 7.54. The molecule has 0 aliphatic heterocycles. The van der Waals surface area contributed by atoms with Gasteiger partial charge in [0.05, 0.1) is 22.1 Å². The molecular formula is C22H19FN4O3. The number of ether oxygens (including phenoxy) is 1. The highest BCUT2D eigenvalue weighted by Gasteiger charge is 2.28. The number of aliphatic carboxylic acids is 1. The molecule has 0 aliphatic rings. The van der Waals surface area contributed by atoms with Crippen molar-refractivity contribution >= 4 is 17.0 Å².